The fraction of sp³-hybridized carbons (Fsp3) is 0.600. The Labute approximate surface area is 122 Å². The fourth-order valence-corrected chi connectivity index (χ4v) is 3.27. The molecule has 1 aromatic rings. The van der Waals surface area contributed by atoms with Crippen molar-refractivity contribution < 1.29 is 9.47 Å². The molecule has 1 fully saturated rings. The van der Waals surface area contributed by atoms with Gasteiger partial charge in [0.25, 0.3) is 0 Å². The van der Waals surface area contributed by atoms with E-state index in [1.165, 1.54) is 6.42 Å². The molecule has 0 saturated heterocycles. The van der Waals surface area contributed by atoms with Gasteiger partial charge in [-0.25, -0.2) is 0 Å². The van der Waals surface area contributed by atoms with Gasteiger partial charge >= 0.3 is 0 Å². The van der Waals surface area contributed by atoms with Crippen LogP contribution in [0.5, 0.6) is 11.5 Å². The van der Waals surface area contributed by atoms with Gasteiger partial charge in [0, 0.05) is 15.4 Å². The van der Waals surface area contributed by atoms with Gasteiger partial charge in [0.1, 0.15) is 0 Å². The fourth-order valence-electron chi connectivity index (χ4n) is 2.56. The Balaban J connectivity index is 1.98. The lowest BCUT2D eigenvalue weighted by molar-refractivity contribution is 0.140. The molecule has 0 spiro atoms. The molecule has 0 atom stereocenters. The van der Waals surface area contributed by atoms with Crippen LogP contribution in [0.25, 0.3) is 0 Å². The van der Waals surface area contributed by atoms with Crippen molar-refractivity contribution in [3.8, 4) is 11.5 Å². The molecule has 2 N–H and O–H groups in total. The summed E-state index contributed by atoms with van der Waals surface area (Å²) in [5.74, 6) is 1.63. The molecule has 3 nitrogen and oxygen atoms in total. The number of nitrogens with two attached hydrogens (primary N) is 1. The van der Waals surface area contributed by atoms with Crippen LogP contribution in [0, 0.1) is 5.41 Å². The van der Waals surface area contributed by atoms with Gasteiger partial charge in [-0.05, 0) is 37.0 Å². The van der Waals surface area contributed by atoms with E-state index in [0.717, 1.165) is 34.4 Å². The molecule has 1 aliphatic carbocycles. The highest BCUT2D eigenvalue weighted by molar-refractivity contribution is 9.10. The Hall–Kier alpha value is -0.740. The van der Waals surface area contributed by atoms with E-state index in [1.807, 2.05) is 6.07 Å². The van der Waals surface area contributed by atoms with Crippen molar-refractivity contribution in [1.29, 1.82) is 0 Å². The summed E-state index contributed by atoms with van der Waals surface area (Å²) >= 11 is 3.62. The number of fused-ring (bicyclic) bond motifs is 1. The normalized spacial score (nSPS) is 23.4. The van der Waals surface area contributed by atoms with Gasteiger partial charge in [-0.15, -0.1) is 0 Å². The number of benzene rings is 1. The standard InChI is InChI=1S/C15H20BrNO2/c1-14(2)8-18-12-6-10(15(17)4-3-5-15)11(16)7-13(12)19-9-14/h6-7H,3-5,8-9,17H2,1-2H3. The summed E-state index contributed by atoms with van der Waals surface area (Å²) in [6, 6.07) is 4.05. The van der Waals surface area contributed by atoms with Gasteiger partial charge in [0.2, 0.25) is 0 Å². The summed E-state index contributed by atoms with van der Waals surface area (Å²) in [7, 11) is 0. The molecule has 1 aromatic carbocycles. The molecule has 1 aliphatic heterocycles. The third kappa shape index (κ3) is 2.36. The van der Waals surface area contributed by atoms with Crippen molar-refractivity contribution in [2.45, 2.75) is 38.6 Å². The first-order valence-corrected chi connectivity index (χ1v) is 7.58. The Morgan fingerprint density at radius 3 is 2.21 bits per heavy atom. The van der Waals surface area contributed by atoms with E-state index in [1.54, 1.807) is 0 Å². The van der Waals surface area contributed by atoms with Crippen LogP contribution in [-0.2, 0) is 5.54 Å². The number of rotatable bonds is 1. The number of halogens is 1. The molecule has 3 rings (SSSR count). The Morgan fingerprint density at radius 1 is 1.11 bits per heavy atom. The number of hydrogen-bond donors (Lipinski definition) is 1. The molecule has 0 radical (unpaired) electrons. The lowest BCUT2D eigenvalue weighted by Gasteiger charge is -2.39. The molecule has 0 bridgehead atoms. The van der Waals surface area contributed by atoms with Crippen molar-refractivity contribution >= 4 is 15.9 Å². The first kappa shape index (κ1) is 13.3. The van der Waals surface area contributed by atoms with E-state index in [4.69, 9.17) is 15.2 Å². The Bertz CT molecular complexity index is 509. The summed E-state index contributed by atoms with van der Waals surface area (Å²) in [5, 5.41) is 0. The van der Waals surface area contributed by atoms with Crippen LogP contribution in [0.3, 0.4) is 0 Å². The third-order valence-corrected chi connectivity index (χ3v) is 4.71. The van der Waals surface area contributed by atoms with Gasteiger partial charge < -0.3 is 15.2 Å². The maximum absolute atomic E-state index is 6.42. The zero-order chi connectivity index (χ0) is 13.7. The highest BCUT2D eigenvalue weighted by Gasteiger charge is 2.37. The second kappa shape index (κ2) is 4.38. The van der Waals surface area contributed by atoms with Crippen molar-refractivity contribution in [2.24, 2.45) is 11.1 Å². The molecule has 0 unspecified atom stereocenters. The van der Waals surface area contributed by atoms with Crippen LogP contribution >= 0.6 is 15.9 Å². The minimum Gasteiger partial charge on any atom is -0.489 e. The molecule has 4 heteroatoms. The summed E-state index contributed by atoms with van der Waals surface area (Å²) < 4.78 is 12.8. The maximum Gasteiger partial charge on any atom is 0.162 e. The van der Waals surface area contributed by atoms with E-state index in [0.29, 0.717) is 13.2 Å². The average Bonchev–Trinajstić information content (AvgIpc) is 2.45. The zero-order valence-corrected chi connectivity index (χ0v) is 13.0. The molecule has 2 aliphatic rings. The van der Waals surface area contributed by atoms with E-state index < -0.39 is 0 Å². The van der Waals surface area contributed by atoms with Gasteiger partial charge in [-0.1, -0.05) is 29.8 Å². The lowest BCUT2D eigenvalue weighted by Crippen LogP contribution is -2.43. The minimum absolute atomic E-state index is 0.0303. The van der Waals surface area contributed by atoms with Crippen LogP contribution in [0.15, 0.2) is 16.6 Å². The average molecular weight is 326 g/mol. The summed E-state index contributed by atoms with van der Waals surface area (Å²) in [6.07, 6.45) is 3.28. The highest BCUT2D eigenvalue weighted by atomic mass is 79.9. The Kier molecular flexibility index (Phi) is 3.06. The number of ether oxygens (including phenoxy) is 2. The summed E-state index contributed by atoms with van der Waals surface area (Å²) in [5.41, 5.74) is 7.40. The van der Waals surface area contributed by atoms with Gasteiger partial charge in [0.15, 0.2) is 11.5 Å². The van der Waals surface area contributed by atoms with Crippen LogP contribution in [0.1, 0.15) is 38.7 Å². The van der Waals surface area contributed by atoms with Crippen molar-refractivity contribution in [2.75, 3.05) is 13.2 Å². The lowest BCUT2D eigenvalue weighted by atomic mass is 9.73. The first-order valence-electron chi connectivity index (χ1n) is 6.78. The molecule has 104 valence electrons. The van der Waals surface area contributed by atoms with E-state index >= 15 is 0 Å². The van der Waals surface area contributed by atoms with Crippen LogP contribution < -0.4 is 15.2 Å². The summed E-state index contributed by atoms with van der Waals surface area (Å²) in [6.45, 7) is 5.62. The molecule has 19 heavy (non-hydrogen) atoms. The third-order valence-electron chi connectivity index (χ3n) is 4.05. The molecule has 1 saturated carbocycles. The van der Waals surface area contributed by atoms with Crippen LogP contribution in [0.4, 0.5) is 0 Å². The van der Waals surface area contributed by atoms with Gasteiger partial charge in [-0.2, -0.15) is 0 Å². The van der Waals surface area contributed by atoms with Crippen molar-refractivity contribution in [3.05, 3.63) is 22.2 Å². The second-order valence-corrected chi connectivity index (χ2v) is 7.38. The molecular formula is C15H20BrNO2. The maximum atomic E-state index is 6.42. The Morgan fingerprint density at radius 2 is 1.68 bits per heavy atom. The second-order valence-electron chi connectivity index (χ2n) is 6.53. The first-order chi connectivity index (χ1) is 8.90. The molecule has 0 aromatic heterocycles. The zero-order valence-electron chi connectivity index (χ0n) is 11.5. The largest absolute Gasteiger partial charge is 0.489 e. The highest BCUT2D eigenvalue weighted by Crippen LogP contribution is 2.46. The number of hydrogen-bond acceptors (Lipinski definition) is 3. The van der Waals surface area contributed by atoms with Gasteiger partial charge in [0.05, 0.1) is 13.2 Å². The predicted molar refractivity (Wildman–Crippen MR) is 78.6 cm³/mol. The predicted octanol–water partition coefficient (Wildman–Crippen LogP) is 3.58. The van der Waals surface area contributed by atoms with E-state index in [9.17, 15) is 0 Å². The topological polar surface area (TPSA) is 44.5 Å². The van der Waals surface area contributed by atoms with Crippen molar-refractivity contribution in [1.82, 2.24) is 0 Å². The van der Waals surface area contributed by atoms with Crippen LogP contribution in [-0.4, -0.2) is 13.2 Å². The van der Waals surface area contributed by atoms with Crippen molar-refractivity contribution in [3.63, 3.8) is 0 Å². The van der Waals surface area contributed by atoms with Gasteiger partial charge in [-0.3, -0.25) is 0 Å². The van der Waals surface area contributed by atoms with Crippen LogP contribution in [0.2, 0.25) is 0 Å². The quantitative estimate of drug-likeness (QED) is 0.858. The molecule has 0 amide bonds. The van der Waals surface area contributed by atoms with E-state index in [2.05, 4.69) is 35.8 Å². The minimum atomic E-state index is -0.195. The monoisotopic (exact) mass is 325 g/mol. The van der Waals surface area contributed by atoms with E-state index in [-0.39, 0.29) is 11.0 Å². The molecular weight excluding hydrogens is 306 g/mol. The molecule has 1 heterocycles. The summed E-state index contributed by atoms with van der Waals surface area (Å²) in [4.78, 5) is 0. The smallest absolute Gasteiger partial charge is 0.162 e. The SMILES string of the molecule is CC1(C)COc2cc(Br)c(C3(N)CCC3)cc2OC1.